The summed E-state index contributed by atoms with van der Waals surface area (Å²) in [5.41, 5.74) is 3.51. The largest absolute Gasteiger partial charge is 0.301 e. The molecule has 1 saturated carbocycles. The Morgan fingerprint density at radius 1 is 0.935 bits per heavy atom. The molecule has 0 spiro atoms. The van der Waals surface area contributed by atoms with Gasteiger partial charge in [-0.3, -0.25) is 4.90 Å². The fourth-order valence-corrected chi connectivity index (χ4v) is 6.79. The number of thioether (sulfide) groups is 1. The van der Waals surface area contributed by atoms with Crippen molar-refractivity contribution in [3.05, 3.63) is 96.6 Å². The molecule has 0 amide bonds. The van der Waals surface area contributed by atoms with Crippen LogP contribution in [0.3, 0.4) is 0 Å². The highest BCUT2D eigenvalue weighted by Gasteiger charge is 2.58. The van der Waals surface area contributed by atoms with Gasteiger partial charge in [0.15, 0.2) is 5.17 Å². The zero-order valence-electron chi connectivity index (χ0n) is 18.2. The molecule has 1 aliphatic carbocycles. The van der Waals surface area contributed by atoms with Gasteiger partial charge < -0.3 is 4.90 Å². The predicted molar refractivity (Wildman–Crippen MR) is 133 cm³/mol. The molecule has 1 aliphatic heterocycles. The molecule has 4 heteroatoms. The van der Waals surface area contributed by atoms with Crippen LogP contribution in [0.25, 0.3) is 0 Å². The smallest absolute Gasteiger partial charge is 0.170 e. The SMILES string of the molecule is CC(c1ccccc1)N(C)C12CCCC1SC(=Nc1ccccc1)N2c1ccccc1. The first kappa shape index (κ1) is 20.3. The number of hydrogen-bond acceptors (Lipinski definition) is 3. The number of para-hydroxylation sites is 2. The van der Waals surface area contributed by atoms with Crippen LogP contribution in [0.15, 0.2) is 96.0 Å². The first-order chi connectivity index (χ1) is 15.2. The maximum Gasteiger partial charge on any atom is 0.170 e. The van der Waals surface area contributed by atoms with Crippen molar-refractivity contribution in [2.75, 3.05) is 11.9 Å². The van der Waals surface area contributed by atoms with Gasteiger partial charge in [0.2, 0.25) is 0 Å². The lowest BCUT2D eigenvalue weighted by molar-refractivity contribution is 0.0981. The molecule has 0 bridgehead atoms. The second-order valence-electron chi connectivity index (χ2n) is 8.48. The van der Waals surface area contributed by atoms with E-state index in [0.29, 0.717) is 11.3 Å². The molecule has 0 N–H and O–H groups in total. The lowest BCUT2D eigenvalue weighted by Gasteiger charge is -2.48. The molecule has 31 heavy (non-hydrogen) atoms. The summed E-state index contributed by atoms with van der Waals surface area (Å²) in [4.78, 5) is 10.3. The van der Waals surface area contributed by atoms with Gasteiger partial charge in [0.05, 0.1) is 5.69 Å². The fourth-order valence-electron chi connectivity index (χ4n) is 5.15. The lowest BCUT2D eigenvalue weighted by atomic mass is 9.98. The van der Waals surface area contributed by atoms with E-state index in [1.165, 1.54) is 24.1 Å². The molecule has 0 aromatic heterocycles. The molecule has 3 aromatic carbocycles. The van der Waals surface area contributed by atoms with Crippen LogP contribution >= 0.6 is 11.8 Å². The molecule has 3 nitrogen and oxygen atoms in total. The molecule has 3 atom stereocenters. The van der Waals surface area contributed by atoms with Gasteiger partial charge in [-0.2, -0.15) is 0 Å². The summed E-state index contributed by atoms with van der Waals surface area (Å²) in [6.45, 7) is 2.33. The van der Waals surface area contributed by atoms with E-state index in [0.717, 1.165) is 17.3 Å². The second kappa shape index (κ2) is 8.52. The Morgan fingerprint density at radius 3 is 2.23 bits per heavy atom. The maximum absolute atomic E-state index is 5.14. The van der Waals surface area contributed by atoms with Crippen molar-refractivity contribution in [2.24, 2.45) is 4.99 Å². The van der Waals surface area contributed by atoms with E-state index in [1.807, 2.05) is 17.8 Å². The Labute approximate surface area is 189 Å². The van der Waals surface area contributed by atoms with Gasteiger partial charge in [0, 0.05) is 17.0 Å². The van der Waals surface area contributed by atoms with Gasteiger partial charge in [-0.05, 0) is 63.1 Å². The van der Waals surface area contributed by atoms with E-state index in [9.17, 15) is 0 Å². The van der Waals surface area contributed by atoms with Crippen molar-refractivity contribution in [1.82, 2.24) is 4.90 Å². The highest BCUT2D eigenvalue weighted by molar-refractivity contribution is 8.15. The molecule has 5 rings (SSSR count). The number of rotatable bonds is 5. The lowest BCUT2D eigenvalue weighted by Crippen LogP contribution is -2.60. The summed E-state index contributed by atoms with van der Waals surface area (Å²) in [7, 11) is 2.30. The Kier molecular flexibility index (Phi) is 5.59. The molecule has 0 radical (unpaired) electrons. The van der Waals surface area contributed by atoms with Crippen molar-refractivity contribution in [3.63, 3.8) is 0 Å². The standard InChI is InChI=1S/C27H29N3S/c1-21(22-13-6-3-7-14-22)29(2)27-20-12-19-25(27)31-26(28-23-15-8-4-9-16-23)30(27)24-17-10-5-11-18-24/h3-11,13-18,21,25H,12,19-20H2,1-2H3. The van der Waals surface area contributed by atoms with Crippen LogP contribution in [0.2, 0.25) is 0 Å². The van der Waals surface area contributed by atoms with Crippen LogP contribution in [0, 0.1) is 0 Å². The third-order valence-corrected chi connectivity index (χ3v) is 8.20. The molecule has 2 aliphatic rings. The van der Waals surface area contributed by atoms with Crippen molar-refractivity contribution in [2.45, 2.75) is 43.1 Å². The average molecular weight is 428 g/mol. The summed E-state index contributed by atoms with van der Waals surface area (Å²) in [5, 5.41) is 1.60. The number of fused-ring (bicyclic) bond motifs is 1. The molecular formula is C27H29N3S. The van der Waals surface area contributed by atoms with Crippen LogP contribution in [-0.2, 0) is 0 Å². The summed E-state index contributed by atoms with van der Waals surface area (Å²) >= 11 is 1.95. The average Bonchev–Trinajstić information content (AvgIpc) is 3.36. The minimum Gasteiger partial charge on any atom is -0.301 e. The summed E-state index contributed by atoms with van der Waals surface area (Å²) in [6, 6.07) is 32.4. The van der Waals surface area contributed by atoms with E-state index in [-0.39, 0.29) is 5.66 Å². The minimum absolute atomic E-state index is 0.0884. The number of anilines is 1. The Morgan fingerprint density at radius 2 is 1.55 bits per heavy atom. The Bertz CT molecular complexity index is 1040. The Balaban J connectivity index is 1.62. The van der Waals surface area contributed by atoms with Gasteiger partial charge in [0.1, 0.15) is 5.66 Å². The zero-order chi connectivity index (χ0) is 21.3. The first-order valence-electron chi connectivity index (χ1n) is 11.1. The van der Waals surface area contributed by atoms with E-state index < -0.39 is 0 Å². The number of amidine groups is 1. The molecule has 158 valence electrons. The molecule has 1 heterocycles. The summed E-state index contributed by atoms with van der Waals surface area (Å²) in [5.74, 6) is 0. The van der Waals surface area contributed by atoms with E-state index in [4.69, 9.17) is 4.99 Å². The molecule has 3 unspecified atom stereocenters. The molecule has 2 fully saturated rings. The molecule has 1 saturated heterocycles. The van der Waals surface area contributed by atoms with Gasteiger partial charge in [-0.15, -0.1) is 0 Å². The van der Waals surface area contributed by atoms with E-state index in [2.05, 4.69) is 109 Å². The summed E-state index contributed by atoms with van der Waals surface area (Å²) < 4.78 is 0. The van der Waals surface area contributed by atoms with Gasteiger partial charge >= 0.3 is 0 Å². The van der Waals surface area contributed by atoms with Crippen LogP contribution in [0.4, 0.5) is 11.4 Å². The highest BCUT2D eigenvalue weighted by atomic mass is 32.2. The maximum atomic E-state index is 5.14. The zero-order valence-corrected chi connectivity index (χ0v) is 19.0. The van der Waals surface area contributed by atoms with Crippen molar-refractivity contribution in [3.8, 4) is 0 Å². The van der Waals surface area contributed by atoms with Crippen LogP contribution in [0.1, 0.15) is 37.8 Å². The van der Waals surface area contributed by atoms with Crippen molar-refractivity contribution < 1.29 is 0 Å². The normalized spacial score (nSPS) is 25.2. The monoisotopic (exact) mass is 427 g/mol. The van der Waals surface area contributed by atoms with Crippen molar-refractivity contribution in [1.29, 1.82) is 0 Å². The van der Waals surface area contributed by atoms with Crippen LogP contribution < -0.4 is 4.90 Å². The third-order valence-electron chi connectivity index (χ3n) is 6.82. The quantitative estimate of drug-likeness (QED) is 0.443. The predicted octanol–water partition coefficient (Wildman–Crippen LogP) is 6.87. The van der Waals surface area contributed by atoms with E-state index >= 15 is 0 Å². The summed E-state index contributed by atoms with van der Waals surface area (Å²) in [6.07, 6.45) is 3.60. The second-order valence-corrected chi connectivity index (χ2v) is 9.65. The fraction of sp³-hybridized carbons (Fsp3) is 0.296. The highest BCUT2D eigenvalue weighted by Crippen LogP contribution is 2.55. The van der Waals surface area contributed by atoms with Crippen LogP contribution in [0.5, 0.6) is 0 Å². The minimum atomic E-state index is -0.0884. The van der Waals surface area contributed by atoms with E-state index in [1.54, 1.807) is 0 Å². The number of hydrogen-bond donors (Lipinski definition) is 0. The topological polar surface area (TPSA) is 18.8 Å². The van der Waals surface area contributed by atoms with Gasteiger partial charge in [-0.1, -0.05) is 78.5 Å². The first-order valence-corrected chi connectivity index (χ1v) is 12.0. The number of aliphatic imine (C=N–C) groups is 1. The molecular weight excluding hydrogens is 398 g/mol. The number of nitrogens with zero attached hydrogens (tertiary/aromatic N) is 3. The van der Waals surface area contributed by atoms with Crippen molar-refractivity contribution >= 4 is 28.3 Å². The van der Waals surface area contributed by atoms with Gasteiger partial charge in [-0.25, -0.2) is 4.99 Å². The number of benzene rings is 3. The molecule has 3 aromatic rings. The van der Waals surface area contributed by atoms with Crippen LogP contribution in [-0.4, -0.2) is 28.0 Å². The third kappa shape index (κ3) is 3.58. The Hall–Kier alpha value is -2.56. The van der Waals surface area contributed by atoms with Gasteiger partial charge in [0.25, 0.3) is 0 Å².